The quantitative estimate of drug-likeness (QED) is 0.263. The maximum absolute atomic E-state index is 8.75. The Labute approximate surface area is 190 Å². The normalized spacial score (nSPS) is 15.1. The van der Waals surface area contributed by atoms with Crippen LogP contribution in [0.5, 0.6) is 0 Å². The summed E-state index contributed by atoms with van der Waals surface area (Å²) in [5.74, 6) is -1.53. The van der Waals surface area contributed by atoms with Gasteiger partial charge < -0.3 is 0 Å². The van der Waals surface area contributed by atoms with Crippen LogP contribution in [-0.4, -0.2) is 4.98 Å². The summed E-state index contributed by atoms with van der Waals surface area (Å²) in [6.07, 6.45) is 1.80. The van der Waals surface area contributed by atoms with Crippen LogP contribution in [0.15, 0.2) is 79.0 Å². The second-order valence-electron chi connectivity index (χ2n) is 8.46. The van der Waals surface area contributed by atoms with Crippen molar-refractivity contribution in [2.24, 2.45) is 0 Å². The summed E-state index contributed by atoms with van der Waals surface area (Å²) < 4.78 is 19.8. The zero-order valence-electron chi connectivity index (χ0n) is 20.4. The number of hydrogen-bond donors (Lipinski definition) is 0. The standard InChI is InChI=1S/C29H27NS/c1-17(2)19(5)20-14-15-30-26(16-20)24-10-7-11-25-28-23-9-6-8-21(18(3)4)22(23)12-13-27(28)31-29(24)25/h6-16,18-19H,1H2,2-5H3/i18D,19D. The summed E-state index contributed by atoms with van der Waals surface area (Å²) >= 11 is 1.78. The van der Waals surface area contributed by atoms with Crippen LogP contribution >= 0.6 is 11.3 Å². The lowest BCUT2D eigenvalue weighted by Gasteiger charge is -2.13. The first-order valence-electron chi connectivity index (χ1n) is 11.6. The van der Waals surface area contributed by atoms with Crippen LogP contribution in [0.3, 0.4) is 0 Å². The molecule has 31 heavy (non-hydrogen) atoms. The summed E-state index contributed by atoms with van der Waals surface area (Å²) in [4.78, 5) is 4.68. The Morgan fingerprint density at radius 1 is 0.968 bits per heavy atom. The topological polar surface area (TPSA) is 12.9 Å². The second kappa shape index (κ2) is 7.62. The Kier molecular flexibility index (Phi) is 4.35. The lowest BCUT2D eigenvalue weighted by atomic mass is 9.93. The Morgan fingerprint density at radius 2 is 1.74 bits per heavy atom. The van der Waals surface area contributed by atoms with Crippen molar-refractivity contribution in [2.75, 3.05) is 0 Å². The molecule has 0 amide bonds. The molecule has 5 aromatic rings. The van der Waals surface area contributed by atoms with Crippen LogP contribution in [-0.2, 0) is 0 Å². The molecule has 0 radical (unpaired) electrons. The van der Waals surface area contributed by atoms with Crippen molar-refractivity contribution < 1.29 is 2.74 Å². The summed E-state index contributed by atoms with van der Waals surface area (Å²) in [6, 6.07) is 21.0. The number of allylic oxidation sites excluding steroid dienone is 1. The first-order valence-corrected chi connectivity index (χ1v) is 11.4. The Hall–Kier alpha value is -2.97. The van der Waals surface area contributed by atoms with Gasteiger partial charge >= 0.3 is 0 Å². The van der Waals surface area contributed by atoms with E-state index in [4.69, 9.17) is 2.74 Å². The molecule has 1 nitrogen and oxygen atoms in total. The van der Waals surface area contributed by atoms with Gasteiger partial charge in [0.2, 0.25) is 0 Å². The van der Waals surface area contributed by atoms with E-state index in [9.17, 15) is 0 Å². The molecule has 1 atom stereocenters. The highest BCUT2D eigenvalue weighted by Crippen LogP contribution is 2.43. The van der Waals surface area contributed by atoms with Crippen molar-refractivity contribution in [1.82, 2.24) is 4.98 Å². The van der Waals surface area contributed by atoms with E-state index in [1.54, 1.807) is 17.5 Å². The van der Waals surface area contributed by atoms with Crippen molar-refractivity contribution in [3.63, 3.8) is 0 Å². The third kappa shape index (κ3) is 3.26. The first kappa shape index (κ1) is 17.7. The number of nitrogens with zero attached hydrogens (tertiary/aromatic N) is 1. The molecule has 5 rings (SSSR count). The van der Waals surface area contributed by atoms with E-state index in [1.165, 1.54) is 25.6 Å². The monoisotopic (exact) mass is 423 g/mol. The van der Waals surface area contributed by atoms with Gasteiger partial charge in [-0.05, 0) is 52.9 Å². The number of benzene rings is 3. The van der Waals surface area contributed by atoms with Gasteiger partial charge in [-0.1, -0.05) is 75.4 Å². The van der Waals surface area contributed by atoms with E-state index in [-0.39, 0.29) is 0 Å². The fraction of sp³-hybridized carbons (Fsp3) is 0.207. The van der Waals surface area contributed by atoms with Gasteiger partial charge in [0.25, 0.3) is 0 Å². The van der Waals surface area contributed by atoms with E-state index >= 15 is 0 Å². The minimum Gasteiger partial charge on any atom is -0.256 e. The Balaban J connectivity index is 1.79. The van der Waals surface area contributed by atoms with Crippen LogP contribution < -0.4 is 0 Å². The molecule has 2 heteroatoms. The molecule has 0 spiro atoms. The Morgan fingerprint density at radius 3 is 2.52 bits per heavy atom. The number of fused-ring (bicyclic) bond motifs is 5. The first-order chi connectivity index (χ1) is 15.6. The van der Waals surface area contributed by atoms with Gasteiger partial charge in [0.05, 0.1) is 5.69 Å². The molecular formula is C29H27NS. The van der Waals surface area contributed by atoms with Gasteiger partial charge in [-0.2, -0.15) is 0 Å². The van der Waals surface area contributed by atoms with Gasteiger partial charge in [0, 0.05) is 40.6 Å². The lowest BCUT2D eigenvalue weighted by Crippen LogP contribution is -1.95. The van der Waals surface area contributed by atoms with Crippen molar-refractivity contribution in [1.29, 1.82) is 0 Å². The van der Waals surface area contributed by atoms with Gasteiger partial charge in [-0.25, -0.2) is 0 Å². The molecule has 2 heterocycles. The highest BCUT2D eigenvalue weighted by Gasteiger charge is 2.16. The summed E-state index contributed by atoms with van der Waals surface area (Å²) in [6.45, 7) is 11.7. The average molecular weight is 424 g/mol. The SMILES string of the molecule is [2H]C(C)(C)c1cccc2c1ccc1sc3c(-c4cc(C([2H])(C)C(=C)C)ccn4)cccc3c12. The van der Waals surface area contributed by atoms with Crippen LogP contribution in [0.2, 0.25) is 0 Å². The van der Waals surface area contributed by atoms with E-state index < -0.39 is 11.8 Å². The van der Waals surface area contributed by atoms with Gasteiger partial charge in [-0.3, -0.25) is 4.98 Å². The highest BCUT2D eigenvalue weighted by atomic mass is 32.1. The van der Waals surface area contributed by atoms with Crippen LogP contribution in [0, 0.1) is 0 Å². The van der Waals surface area contributed by atoms with Crippen molar-refractivity contribution in [2.45, 2.75) is 39.5 Å². The number of rotatable bonds is 4. The Bertz CT molecular complexity index is 1550. The molecule has 0 aliphatic rings. The number of pyridine rings is 1. The molecule has 0 aliphatic heterocycles. The smallest absolute Gasteiger partial charge is 0.0719 e. The fourth-order valence-corrected chi connectivity index (χ4v) is 5.59. The number of aromatic nitrogens is 1. The summed E-state index contributed by atoms with van der Waals surface area (Å²) in [5, 5.41) is 4.78. The largest absolute Gasteiger partial charge is 0.256 e. The second-order valence-corrected chi connectivity index (χ2v) is 9.51. The van der Waals surface area contributed by atoms with Crippen LogP contribution in [0.25, 0.3) is 42.2 Å². The van der Waals surface area contributed by atoms with Gasteiger partial charge in [-0.15, -0.1) is 11.3 Å². The molecule has 154 valence electrons. The summed E-state index contributed by atoms with van der Waals surface area (Å²) in [7, 11) is 0. The minimum absolute atomic E-state index is 0.666. The third-order valence-corrected chi connectivity index (χ3v) is 7.37. The molecule has 0 saturated heterocycles. The summed E-state index contributed by atoms with van der Waals surface area (Å²) in [5.41, 5.74) is 4.70. The molecular weight excluding hydrogens is 394 g/mol. The maximum atomic E-state index is 8.75. The molecule has 1 unspecified atom stereocenters. The van der Waals surface area contributed by atoms with Crippen molar-refractivity contribution in [3.8, 4) is 11.3 Å². The fourth-order valence-electron chi connectivity index (χ4n) is 4.35. The molecule has 0 bridgehead atoms. The lowest BCUT2D eigenvalue weighted by molar-refractivity contribution is 0.876. The van der Waals surface area contributed by atoms with Gasteiger partial charge in [0.15, 0.2) is 0 Å². The number of hydrogen-bond acceptors (Lipinski definition) is 2. The minimum atomic E-state index is -0.860. The molecule has 0 N–H and O–H groups in total. The predicted octanol–water partition coefficient (Wildman–Crippen LogP) is 9.07. The van der Waals surface area contributed by atoms with Crippen LogP contribution in [0.4, 0.5) is 0 Å². The highest BCUT2D eigenvalue weighted by molar-refractivity contribution is 7.26. The number of thiophene rings is 1. The zero-order chi connectivity index (χ0) is 23.5. The van der Waals surface area contributed by atoms with E-state index in [2.05, 4.69) is 60.1 Å². The van der Waals surface area contributed by atoms with Gasteiger partial charge in [0.1, 0.15) is 0 Å². The van der Waals surface area contributed by atoms with E-state index in [0.29, 0.717) is 0 Å². The van der Waals surface area contributed by atoms with Crippen LogP contribution in [0.1, 0.15) is 53.4 Å². The molecule has 0 fully saturated rings. The third-order valence-electron chi connectivity index (χ3n) is 6.17. The molecule has 2 aromatic heterocycles. The van der Waals surface area contributed by atoms with Crippen molar-refractivity contribution in [3.05, 3.63) is 90.1 Å². The maximum Gasteiger partial charge on any atom is 0.0719 e. The molecule has 3 aromatic carbocycles. The molecule has 0 aliphatic carbocycles. The average Bonchev–Trinajstić information content (AvgIpc) is 3.17. The van der Waals surface area contributed by atoms with E-state index in [1.807, 2.05) is 39.8 Å². The van der Waals surface area contributed by atoms with E-state index in [0.717, 1.165) is 33.3 Å². The molecule has 0 saturated carbocycles. The zero-order valence-corrected chi connectivity index (χ0v) is 19.2. The van der Waals surface area contributed by atoms with Crippen molar-refractivity contribution >= 4 is 42.3 Å². The predicted molar refractivity (Wildman–Crippen MR) is 137 cm³/mol.